The van der Waals surface area contributed by atoms with Crippen LogP contribution in [0.2, 0.25) is 5.02 Å². The second kappa shape index (κ2) is 6.93. The number of rotatable bonds is 4. The molecule has 0 aliphatic carbocycles. The lowest BCUT2D eigenvalue weighted by molar-refractivity contribution is 0.142. The van der Waals surface area contributed by atoms with E-state index in [0.29, 0.717) is 41.7 Å². The standard InChI is InChI=1S/C18H16ClFN4O2/c19-13-5-10(1-2-14(13)20)24-18-12-6-15(21)17(7-16(12)22-9-23-18)26-11-3-4-25-8-11/h1-2,5-7,9,11H,3-4,8,21H2,(H,22,23,24). The Morgan fingerprint density at radius 1 is 1.27 bits per heavy atom. The van der Waals surface area contributed by atoms with E-state index >= 15 is 0 Å². The quantitative estimate of drug-likeness (QED) is 0.673. The topological polar surface area (TPSA) is 82.3 Å². The van der Waals surface area contributed by atoms with Gasteiger partial charge in [-0.1, -0.05) is 11.6 Å². The summed E-state index contributed by atoms with van der Waals surface area (Å²) in [6.45, 7) is 1.24. The predicted molar refractivity (Wildman–Crippen MR) is 98.5 cm³/mol. The molecule has 0 radical (unpaired) electrons. The Bertz CT molecular complexity index is 963. The van der Waals surface area contributed by atoms with Gasteiger partial charge in [-0.05, 0) is 24.3 Å². The van der Waals surface area contributed by atoms with Crippen molar-refractivity contribution in [1.29, 1.82) is 0 Å². The van der Waals surface area contributed by atoms with Gasteiger partial charge in [-0.15, -0.1) is 0 Å². The summed E-state index contributed by atoms with van der Waals surface area (Å²) in [5.74, 6) is 0.634. The molecule has 1 atom stereocenters. The van der Waals surface area contributed by atoms with Crippen molar-refractivity contribution in [1.82, 2.24) is 9.97 Å². The number of nitrogen functional groups attached to an aromatic ring is 1. The summed E-state index contributed by atoms with van der Waals surface area (Å²) in [6, 6.07) is 7.90. The van der Waals surface area contributed by atoms with Gasteiger partial charge in [-0.2, -0.15) is 0 Å². The largest absolute Gasteiger partial charge is 0.486 e. The summed E-state index contributed by atoms with van der Waals surface area (Å²) in [6.07, 6.45) is 2.27. The lowest BCUT2D eigenvalue weighted by Crippen LogP contribution is -2.16. The molecular weight excluding hydrogens is 359 g/mol. The van der Waals surface area contributed by atoms with Gasteiger partial charge in [0, 0.05) is 23.6 Å². The minimum absolute atomic E-state index is 0.00413. The molecule has 1 aliphatic heterocycles. The van der Waals surface area contributed by atoms with Crippen molar-refractivity contribution in [3.05, 3.63) is 47.5 Å². The maximum atomic E-state index is 13.3. The summed E-state index contributed by atoms with van der Waals surface area (Å²) < 4.78 is 24.6. The Kier molecular flexibility index (Phi) is 4.48. The molecule has 26 heavy (non-hydrogen) atoms. The number of halogens is 2. The molecule has 0 amide bonds. The molecule has 1 aromatic heterocycles. The monoisotopic (exact) mass is 374 g/mol. The SMILES string of the molecule is Nc1cc2c(Nc3ccc(F)c(Cl)c3)ncnc2cc1OC1CCOC1. The Balaban J connectivity index is 1.67. The van der Waals surface area contributed by atoms with E-state index in [1.165, 1.54) is 18.5 Å². The van der Waals surface area contributed by atoms with E-state index in [0.717, 1.165) is 11.8 Å². The van der Waals surface area contributed by atoms with E-state index in [-0.39, 0.29) is 11.1 Å². The van der Waals surface area contributed by atoms with Gasteiger partial charge in [0.2, 0.25) is 0 Å². The first kappa shape index (κ1) is 16.8. The van der Waals surface area contributed by atoms with E-state index in [1.807, 2.05) is 0 Å². The lowest BCUT2D eigenvalue weighted by atomic mass is 10.2. The number of nitrogens with one attached hydrogen (secondary N) is 1. The molecule has 134 valence electrons. The number of hydrogen-bond acceptors (Lipinski definition) is 6. The fraction of sp³-hybridized carbons (Fsp3) is 0.222. The zero-order chi connectivity index (χ0) is 18.1. The summed E-state index contributed by atoms with van der Waals surface area (Å²) in [4.78, 5) is 8.54. The fourth-order valence-corrected chi connectivity index (χ4v) is 2.98. The molecule has 1 saturated heterocycles. The van der Waals surface area contributed by atoms with Crippen molar-refractivity contribution < 1.29 is 13.9 Å². The minimum atomic E-state index is -0.480. The van der Waals surface area contributed by atoms with Crippen molar-refractivity contribution >= 4 is 39.7 Å². The van der Waals surface area contributed by atoms with Crippen molar-refractivity contribution in [2.75, 3.05) is 24.3 Å². The maximum absolute atomic E-state index is 13.3. The molecular formula is C18H16ClFN4O2. The molecule has 3 aromatic rings. The molecule has 1 unspecified atom stereocenters. The second-order valence-electron chi connectivity index (χ2n) is 5.99. The van der Waals surface area contributed by atoms with Gasteiger partial charge in [0.1, 0.15) is 29.8 Å². The molecule has 2 aromatic carbocycles. The van der Waals surface area contributed by atoms with Crippen molar-refractivity contribution in [2.24, 2.45) is 0 Å². The van der Waals surface area contributed by atoms with Crippen molar-refractivity contribution in [3.8, 4) is 5.75 Å². The van der Waals surface area contributed by atoms with Crippen LogP contribution in [0.5, 0.6) is 5.75 Å². The van der Waals surface area contributed by atoms with E-state index in [4.69, 9.17) is 26.8 Å². The van der Waals surface area contributed by atoms with Crippen LogP contribution in [0.25, 0.3) is 10.9 Å². The molecule has 1 aliphatic rings. The van der Waals surface area contributed by atoms with Gasteiger partial charge in [0.05, 0.1) is 29.4 Å². The lowest BCUT2D eigenvalue weighted by Gasteiger charge is -2.15. The summed E-state index contributed by atoms with van der Waals surface area (Å²) in [5, 5.41) is 3.87. The molecule has 3 N–H and O–H groups in total. The van der Waals surface area contributed by atoms with Crippen LogP contribution in [-0.4, -0.2) is 29.3 Å². The average molecular weight is 375 g/mol. The first-order chi connectivity index (χ1) is 12.6. The van der Waals surface area contributed by atoms with Gasteiger partial charge in [-0.25, -0.2) is 14.4 Å². The summed E-state index contributed by atoms with van der Waals surface area (Å²) in [7, 11) is 0. The summed E-state index contributed by atoms with van der Waals surface area (Å²) >= 11 is 5.83. The molecule has 8 heteroatoms. The molecule has 0 bridgehead atoms. The highest BCUT2D eigenvalue weighted by Gasteiger charge is 2.19. The number of benzene rings is 2. The fourth-order valence-electron chi connectivity index (χ4n) is 2.80. The highest BCUT2D eigenvalue weighted by atomic mass is 35.5. The number of anilines is 3. The van der Waals surface area contributed by atoms with Crippen LogP contribution in [0.1, 0.15) is 6.42 Å². The van der Waals surface area contributed by atoms with Gasteiger partial charge in [0.15, 0.2) is 0 Å². The zero-order valence-electron chi connectivity index (χ0n) is 13.7. The van der Waals surface area contributed by atoms with Gasteiger partial charge >= 0.3 is 0 Å². The first-order valence-corrected chi connectivity index (χ1v) is 8.48. The Labute approximate surface area is 154 Å². The number of nitrogens with two attached hydrogens (primary N) is 1. The molecule has 1 fully saturated rings. The molecule has 6 nitrogen and oxygen atoms in total. The van der Waals surface area contributed by atoms with E-state index in [9.17, 15) is 4.39 Å². The Morgan fingerprint density at radius 2 is 2.15 bits per heavy atom. The molecule has 2 heterocycles. The summed E-state index contributed by atoms with van der Waals surface area (Å²) in [5.41, 5.74) is 7.93. The van der Waals surface area contributed by atoms with Crippen molar-refractivity contribution in [3.63, 3.8) is 0 Å². The predicted octanol–water partition coefficient (Wildman–Crippen LogP) is 3.92. The maximum Gasteiger partial charge on any atom is 0.144 e. The third kappa shape index (κ3) is 3.36. The van der Waals surface area contributed by atoms with Crippen LogP contribution in [0.4, 0.5) is 21.6 Å². The van der Waals surface area contributed by atoms with Crippen LogP contribution in [0.3, 0.4) is 0 Å². The number of fused-ring (bicyclic) bond motifs is 1. The second-order valence-corrected chi connectivity index (χ2v) is 6.39. The van der Waals surface area contributed by atoms with E-state index in [2.05, 4.69) is 15.3 Å². The van der Waals surface area contributed by atoms with Crippen LogP contribution < -0.4 is 15.8 Å². The van der Waals surface area contributed by atoms with Crippen LogP contribution in [0, 0.1) is 5.82 Å². The molecule has 0 spiro atoms. The first-order valence-electron chi connectivity index (χ1n) is 8.11. The molecule has 4 rings (SSSR count). The number of hydrogen-bond donors (Lipinski definition) is 2. The zero-order valence-corrected chi connectivity index (χ0v) is 14.5. The smallest absolute Gasteiger partial charge is 0.144 e. The Hall–Kier alpha value is -2.64. The highest BCUT2D eigenvalue weighted by molar-refractivity contribution is 6.31. The number of nitrogens with zero attached hydrogens (tertiary/aromatic N) is 2. The minimum Gasteiger partial charge on any atom is -0.486 e. The van der Waals surface area contributed by atoms with Crippen molar-refractivity contribution in [2.45, 2.75) is 12.5 Å². The van der Waals surface area contributed by atoms with Crippen LogP contribution >= 0.6 is 11.6 Å². The number of ether oxygens (including phenoxy) is 2. The van der Waals surface area contributed by atoms with Gasteiger partial charge < -0.3 is 20.5 Å². The average Bonchev–Trinajstić information content (AvgIpc) is 3.13. The van der Waals surface area contributed by atoms with E-state index < -0.39 is 5.82 Å². The molecule has 0 saturated carbocycles. The normalized spacial score (nSPS) is 16.8. The third-order valence-electron chi connectivity index (χ3n) is 4.13. The number of aromatic nitrogens is 2. The van der Waals surface area contributed by atoms with Crippen LogP contribution in [-0.2, 0) is 4.74 Å². The van der Waals surface area contributed by atoms with E-state index in [1.54, 1.807) is 18.2 Å². The third-order valence-corrected chi connectivity index (χ3v) is 4.42. The van der Waals surface area contributed by atoms with Gasteiger partial charge in [-0.3, -0.25) is 0 Å². The highest BCUT2D eigenvalue weighted by Crippen LogP contribution is 2.33. The van der Waals surface area contributed by atoms with Crippen LogP contribution in [0.15, 0.2) is 36.7 Å². The van der Waals surface area contributed by atoms with Gasteiger partial charge in [0.25, 0.3) is 0 Å². The Morgan fingerprint density at radius 3 is 2.92 bits per heavy atom.